The highest BCUT2D eigenvalue weighted by atomic mass is 35.5. The van der Waals surface area contributed by atoms with Crippen LogP contribution in [0.15, 0.2) is 30.5 Å². The van der Waals surface area contributed by atoms with E-state index in [2.05, 4.69) is 0 Å². The normalized spacial score (nSPS) is 12.9. The number of halogens is 5. The van der Waals surface area contributed by atoms with Crippen LogP contribution in [0.3, 0.4) is 0 Å². The van der Waals surface area contributed by atoms with Gasteiger partial charge in [0.1, 0.15) is 12.5 Å². The van der Waals surface area contributed by atoms with E-state index in [-0.39, 0.29) is 18.1 Å². The van der Waals surface area contributed by atoms with Crippen LogP contribution in [0.4, 0.5) is 13.2 Å². The molecule has 1 aromatic rings. The second kappa shape index (κ2) is 9.68. The highest BCUT2D eigenvalue weighted by Gasteiger charge is 2.28. The monoisotopic (exact) mass is 397 g/mol. The number of ether oxygens (including phenoxy) is 1. The number of carbonyl (C=O) groups is 2. The number of ketones is 1. The minimum atomic E-state index is -4.41. The smallest absolute Gasteiger partial charge is 0.405 e. The third-order valence-electron chi connectivity index (χ3n) is 3.02. The van der Waals surface area contributed by atoms with Crippen LogP contribution >= 0.6 is 23.2 Å². The number of nitrogens with one attached hydrogen (secondary N) is 1. The standard InChI is InChI=1S/C16H16Cl2F3NO3/c1-2-25-15(24)12(7-10-3-4-11(17)8-13(10)18)14(23)5-6-22-9-16(19,20)21/h3-6,8,12,22H,2,7,9H2,1H3/b6-5+/t12-/m1/s1. The lowest BCUT2D eigenvalue weighted by Gasteiger charge is -2.14. The van der Waals surface area contributed by atoms with Crippen molar-refractivity contribution in [3.63, 3.8) is 0 Å². The summed E-state index contributed by atoms with van der Waals surface area (Å²) in [4.78, 5) is 24.2. The summed E-state index contributed by atoms with van der Waals surface area (Å²) in [7, 11) is 0. The number of carbonyl (C=O) groups excluding carboxylic acids is 2. The van der Waals surface area contributed by atoms with Gasteiger partial charge in [-0.3, -0.25) is 9.59 Å². The summed E-state index contributed by atoms with van der Waals surface area (Å²) in [6.07, 6.45) is -2.75. The van der Waals surface area contributed by atoms with Crippen molar-refractivity contribution >= 4 is 35.0 Å². The second-order valence-corrected chi connectivity index (χ2v) is 5.82. The van der Waals surface area contributed by atoms with Crippen LogP contribution in [0.5, 0.6) is 0 Å². The number of rotatable bonds is 8. The van der Waals surface area contributed by atoms with Gasteiger partial charge in [0.15, 0.2) is 5.78 Å². The molecule has 0 aromatic heterocycles. The number of hydrogen-bond donors (Lipinski definition) is 1. The molecule has 1 rings (SSSR count). The van der Waals surface area contributed by atoms with Crippen molar-refractivity contribution in [3.05, 3.63) is 46.1 Å². The highest BCUT2D eigenvalue weighted by Crippen LogP contribution is 2.24. The summed E-state index contributed by atoms with van der Waals surface area (Å²) in [5, 5.41) is 2.61. The van der Waals surface area contributed by atoms with Crippen molar-refractivity contribution in [1.29, 1.82) is 0 Å². The van der Waals surface area contributed by atoms with E-state index in [0.717, 1.165) is 12.3 Å². The van der Waals surface area contributed by atoms with Gasteiger partial charge in [-0.25, -0.2) is 0 Å². The van der Waals surface area contributed by atoms with E-state index in [9.17, 15) is 22.8 Å². The van der Waals surface area contributed by atoms with Gasteiger partial charge >= 0.3 is 12.1 Å². The van der Waals surface area contributed by atoms with Gasteiger partial charge in [-0.05, 0) is 37.1 Å². The summed E-state index contributed by atoms with van der Waals surface area (Å²) in [5.74, 6) is -2.69. The summed E-state index contributed by atoms with van der Waals surface area (Å²) in [6, 6.07) is 4.58. The van der Waals surface area contributed by atoms with Crippen LogP contribution in [-0.4, -0.2) is 31.1 Å². The molecule has 0 saturated carbocycles. The molecule has 0 fully saturated rings. The molecule has 0 heterocycles. The van der Waals surface area contributed by atoms with Gasteiger partial charge in [-0.15, -0.1) is 0 Å². The van der Waals surface area contributed by atoms with Gasteiger partial charge in [-0.2, -0.15) is 13.2 Å². The molecule has 0 unspecified atom stereocenters. The predicted molar refractivity (Wildman–Crippen MR) is 88.5 cm³/mol. The fourth-order valence-electron chi connectivity index (χ4n) is 1.88. The van der Waals surface area contributed by atoms with Gasteiger partial charge in [0.25, 0.3) is 0 Å². The summed E-state index contributed by atoms with van der Waals surface area (Å²) >= 11 is 11.8. The Labute approximate surface area is 152 Å². The molecule has 138 valence electrons. The molecule has 0 saturated heterocycles. The van der Waals surface area contributed by atoms with Gasteiger partial charge < -0.3 is 10.1 Å². The number of benzene rings is 1. The Morgan fingerprint density at radius 1 is 1.32 bits per heavy atom. The maximum Gasteiger partial charge on any atom is 0.405 e. The maximum absolute atomic E-state index is 12.2. The van der Waals surface area contributed by atoms with Crippen LogP contribution in [0.2, 0.25) is 10.0 Å². The van der Waals surface area contributed by atoms with Gasteiger partial charge in [-0.1, -0.05) is 29.3 Å². The molecule has 1 aromatic carbocycles. The summed E-state index contributed by atoms with van der Waals surface area (Å²) in [5.41, 5.74) is 0.495. The fourth-order valence-corrected chi connectivity index (χ4v) is 2.37. The Morgan fingerprint density at radius 3 is 2.56 bits per heavy atom. The number of alkyl halides is 3. The zero-order chi connectivity index (χ0) is 19.0. The molecular weight excluding hydrogens is 382 g/mol. The van der Waals surface area contributed by atoms with E-state index in [4.69, 9.17) is 27.9 Å². The molecule has 0 aliphatic carbocycles. The van der Waals surface area contributed by atoms with Crippen molar-refractivity contribution in [3.8, 4) is 0 Å². The quantitative estimate of drug-likeness (QED) is 0.409. The number of esters is 1. The average Bonchev–Trinajstić information content (AvgIpc) is 2.50. The Hall–Kier alpha value is -1.73. The van der Waals surface area contributed by atoms with Crippen LogP contribution < -0.4 is 5.32 Å². The summed E-state index contributed by atoms with van der Waals surface area (Å²) < 4.78 is 41.0. The third kappa shape index (κ3) is 7.79. The van der Waals surface area contributed by atoms with Crippen LogP contribution in [0, 0.1) is 5.92 Å². The van der Waals surface area contributed by atoms with Gasteiger partial charge in [0.2, 0.25) is 0 Å². The number of hydrogen-bond acceptors (Lipinski definition) is 4. The third-order valence-corrected chi connectivity index (χ3v) is 3.61. The van der Waals surface area contributed by atoms with E-state index in [0.29, 0.717) is 10.6 Å². The van der Waals surface area contributed by atoms with E-state index in [1.165, 1.54) is 6.07 Å². The van der Waals surface area contributed by atoms with Crippen molar-refractivity contribution in [2.24, 2.45) is 5.92 Å². The highest BCUT2D eigenvalue weighted by molar-refractivity contribution is 6.35. The first-order chi connectivity index (χ1) is 11.6. The van der Waals surface area contributed by atoms with E-state index >= 15 is 0 Å². The second-order valence-electron chi connectivity index (χ2n) is 4.98. The zero-order valence-electron chi connectivity index (χ0n) is 13.2. The molecule has 0 bridgehead atoms. The van der Waals surface area contributed by atoms with Gasteiger partial charge in [0.05, 0.1) is 6.61 Å². The molecule has 9 heteroatoms. The summed E-state index contributed by atoms with van der Waals surface area (Å²) in [6.45, 7) is 0.353. The van der Waals surface area contributed by atoms with E-state index in [1.54, 1.807) is 19.1 Å². The first-order valence-corrected chi connectivity index (χ1v) is 8.00. The van der Waals surface area contributed by atoms with Crippen LogP contribution in [0.25, 0.3) is 0 Å². The molecule has 1 N–H and O–H groups in total. The Bertz CT molecular complexity index is 648. The van der Waals surface area contributed by atoms with E-state index in [1.807, 2.05) is 5.32 Å². The van der Waals surface area contributed by atoms with Crippen molar-refractivity contribution in [2.75, 3.05) is 13.2 Å². The number of allylic oxidation sites excluding steroid dienone is 1. The molecule has 4 nitrogen and oxygen atoms in total. The molecule has 0 amide bonds. The Morgan fingerprint density at radius 2 is 2.00 bits per heavy atom. The molecular formula is C16H16Cl2F3NO3. The lowest BCUT2D eigenvalue weighted by molar-refractivity contribution is -0.150. The fraction of sp³-hybridized carbons (Fsp3) is 0.375. The minimum Gasteiger partial charge on any atom is -0.465 e. The Kier molecular flexibility index (Phi) is 8.25. The Balaban J connectivity index is 2.87. The van der Waals surface area contributed by atoms with Crippen LogP contribution in [0.1, 0.15) is 12.5 Å². The van der Waals surface area contributed by atoms with E-state index < -0.39 is 30.4 Å². The van der Waals surface area contributed by atoms with Crippen LogP contribution in [-0.2, 0) is 20.7 Å². The van der Waals surface area contributed by atoms with Crippen molar-refractivity contribution in [1.82, 2.24) is 5.32 Å². The maximum atomic E-state index is 12.2. The van der Waals surface area contributed by atoms with Gasteiger partial charge in [0, 0.05) is 16.2 Å². The molecule has 0 radical (unpaired) electrons. The lowest BCUT2D eigenvalue weighted by Crippen LogP contribution is -2.28. The molecule has 25 heavy (non-hydrogen) atoms. The zero-order valence-corrected chi connectivity index (χ0v) is 14.7. The van der Waals surface area contributed by atoms with Crippen molar-refractivity contribution in [2.45, 2.75) is 19.5 Å². The lowest BCUT2D eigenvalue weighted by atomic mass is 9.95. The largest absolute Gasteiger partial charge is 0.465 e. The molecule has 0 aliphatic heterocycles. The minimum absolute atomic E-state index is 0.0583. The topological polar surface area (TPSA) is 55.4 Å². The first-order valence-electron chi connectivity index (χ1n) is 7.25. The SMILES string of the molecule is CCOC(=O)[C@H](Cc1ccc(Cl)cc1Cl)C(=O)/C=C/NCC(F)(F)F. The van der Waals surface area contributed by atoms with Crippen molar-refractivity contribution < 1.29 is 27.5 Å². The average molecular weight is 398 g/mol. The molecule has 0 aliphatic rings. The molecule has 0 spiro atoms. The predicted octanol–water partition coefficient (Wildman–Crippen LogP) is 3.95. The first kappa shape index (κ1) is 21.3. The molecule has 1 atom stereocenters.